The Kier molecular flexibility index (Phi) is 2.89. The highest BCUT2D eigenvalue weighted by Gasteiger charge is 2.22. The van der Waals surface area contributed by atoms with Crippen LogP contribution in [-0.2, 0) is 5.41 Å². The average Bonchev–Trinajstić information content (AvgIpc) is 2.09. The van der Waals surface area contributed by atoms with Gasteiger partial charge < -0.3 is 5.73 Å². The van der Waals surface area contributed by atoms with Gasteiger partial charge in [-0.3, -0.25) is 4.79 Å². The minimum atomic E-state index is -0.0298. The molecule has 0 aliphatic heterocycles. The standard InChI is InChI=1S/C13H19NO/c1-8-6-10(7-15)12(14)11(9(8)2)13(3,4)5/h6-7H,14H2,1-5H3. The quantitative estimate of drug-likeness (QED) is 0.565. The maximum atomic E-state index is 10.9. The number of rotatable bonds is 1. The number of anilines is 1. The van der Waals surface area contributed by atoms with E-state index in [4.69, 9.17) is 5.73 Å². The van der Waals surface area contributed by atoms with Gasteiger partial charge in [-0.25, -0.2) is 0 Å². The van der Waals surface area contributed by atoms with Crippen LogP contribution in [0.15, 0.2) is 6.07 Å². The summed E-state index contributed by atoms with van der Waals surface area (Å²) in [5.74, 6) is 0. The highest BCUT2D eigenvalue weighted by atomic mass is 16.1. The number of aldehydes is 1. The Balaban J connectivity index is 3.62. The van der Waals surface area contributed by atoms with E-state index in [1.807, 2.05) is 13.0 Å². The van der Waals surface area contributed by atoms with Gasteiger partial charge in [0.1, 0.15) is 0 Å². The van der Waals surface area contributed by atoms with E-state index in [0.29, 0.717) is 11.3 Å². The van der Waals surface area contributed by atoms with Crippen LogP contribution in [0.1, 0.15) is 47.8 Å². The number of hydrogen-bond donors (Lipinski definition) is 1. The van der Waals surface area contributed by atoms with Crippen molar-refractivity contribution in [3.8, 4) is 0 Å². The lowest BCUT2D eigenvalue weighted by atomic mass is 9.80. The fourth-order valence-corrected chi connectivity index (χ4v) is 2.03. The summed E-state index contributed by atoms with van der Waals surface area (Å²) < 4.78 is 0. The molecule has 2 nitrogen and oxygen atoms in total. The highest BCUT2D eigenvalue weighted by molar-refractivity contribution is 5.86. The Labute approximate surface area is 91.5 Å². The van der Waals surface area contributed by atoms with Crippen LogP contribution >= 0.6 is 0 Å². The molecule has 0 aliphatic rings. The molecular formula is C13H19NO. The molecule has 0 heterocycles. The van der Waals surface area contributed by atoms with Gasteiger partial charge >= 0.3 is 0 Å². The molecule has 15 heavy (non-hydrogen) atoms. The molecular weight excluding hydrogens is 186 g/mol. The van der Waals surface area contributed by atoms with Crippen LogP contribution in [0, 0.1) is 13.8 Å². The summed E-state index contributed by atoms with van der Waals surface area (Å²) in [5, 5.41) is 0. The Morgan fingerprint density at radius 2 is 1.80 bits per heavy atom. The summed E-state index contributed by atoms with van der Waals surface area (Å²) in [6.07, 6.45) is 0.830. The van der Waals surface area contributed by atoms with E-state index in [0.717, 1.165) is 17.4 Å². The Morgan fingerprint density at radius 3 is 2.20 bits per heavy atom. The molecule has 0 fully saturated rings. The van der Waals surface area contributed by atoms with E-state index in [9.17, 15) is 4.79 Å². The summed E-state index contributed by atoms with van der Waals surface area (Å²) in [6, 6.07) is 1.85. The van der Waals surface area contributed by atoms with E-state index >= 15 is 0 Å². The molecule has 0 aromatic heterocycles. The molecule has 1 aromatic rings. The number of carbonyl (C=O) groups is 1. The van der Waals surface area contributed by atoms with Gasteiger partial charge in [0.2, 0.25) is 0 Å². The molecule has 0 saturated carbocycles. The molecule has 0 spiro atoms. The van der Waals surface area contributed by atoms with Crippen molar-refractivity contribution in [3.63, 3.8) is 0 Å². The Hall–Kier alpha value is -1.31. The summed E-state index contributed by atoms with van der Waals surface area (Å²) in [5.41, 5.74) is 10.6. The SMILES string of the molecule is Cc1cc(C=O)c(N)c(C(C)(C)C)c1C. The second-order valence-corrected chi connectivity index (χ2v) is 5.06. The average molecular weight is 205 g/mol. The van der Waals surface area contributed by atoms with Crippen molar-refractivity contribution in [1.29, 1.82) is 0 Å². The molecule has 0 aliphatic carbocycles. The van der Waals surface area contributed by atoms with Crippen molar-refractivity contribution in [1.82, 2.24) is 0 Å². The lowest BCUT2D eigenvalue weighted by Crippen LogP contribution is -2.18. The number of nitrogens with two attached hydrogens (primary N) is 1. The van der Waals surface area contributed by atoms with Crippen molar-refractivity contribution >= 4 is 12.0 Å². The first-order chi connectivity index (χ1) is 6.79. The first kappa shape index (κ1) is 11.8. The van der Waals surface area contributed by atoms with Crippen LogP contribution in [0.2, 0.25) is 0 Å². The molecule has 0 unspecified atom stereocenters. The fraction of sp³-hybridized carbons (Fsp3) is 0.462. The molecule has 0 bridgehead atoms. The first-order valence-electron chi connectivity index (χ1n) is 5.14. The normalized spacial score (nSPS) is 11.5. The molecule has 2 N–H and O–H groups in total. The zero-order valence-corrected chi connectivity index (χ0v) is 10.1. The Morgan fingerprint density at radius 1 is 1.27 bits per heavy atom. The summed E-state index contributed by atoms with van der Waals surface area (Å²) >= 11 is 0. The van der Waals surface area contributed by atoms with Gasteiger partial charge in [0, 0.05) is 11.3 Å². The van der Waals surface area contributed by atoms with E-state index < -0.39 is 0 Å². The van der Waals surface area contributed by atoms with Gasteiger partial charge in [0.05, 0.1) is 0 Å². The van der Waals surface area contributed by atoms with E-state index in [1.54, 1.807) is 0 Å². The first-order valence-corrected chi connectivity index (χ1v) is 5.14. The number of nitrogen functional groups attached to an aromatic ring is 1. The second kappa shape index (κ2) is 3.69. The van der Waals surface area contributed by atoms with Gasteiger partial charge in [0.25, 0.3) is 0 Å². The largest absolute Gasteiger partial charge is 0.398 e. The Bertz CT molecular complexity index is 400. The number of hydrogen-bond acceptors (Lipinski definition) is 2. The zero-order valence-electron chi connectivity index (χ0n) is 10.1. The van der Waals surface area contributed by atoms with Gasteiger partial charge in [-0.1, -0.05) is 20.8 Å². The minimum Gasteiger partial charge on any atom is -0.398 e. The van der Waals surface area contributed by atoms with Crippen LogP contribution in [0.4, 0.5) is 5.69 Å². The van der Waals surface area contributed by atoms with Crippen molar-refractivity contribution in [2.75, 3.05) is 5.73 Å². The van der Waals surface area contributed by atoms with E-state index in [2.05, 4.69) is 27.7 Å². The summed E-state index contributed by atoms with van der Waals surface area (Å²) in [4.78, 5) is 10.9. The smallest absolute Gasteiger partial charge is 0.152 e. The molecule has 0 atom stereocenters. The lowest BCUT2D eigenvalue weighted by molar-refractivity contribution is 0.112. The molecule has 0 saturated heterocycles. The molecule has 1 rings (SSSR count). The topological polar surface area (TPSA) is 43.1 Å². The third-order valence-electron chi connectivity index (χ3n) is 2.80. The monoisotopic (exact) mass is 205 g/mol. The predicted molar refractivity (Wildman–Crippen MR) is 64.4 cm³/mol. The fourth-order valence-electron chi connectivity index (χ4n) is 2.03. The van der Waals surface area contributed by atoms with Crippen LogP contribution in [0.25, 0.3) is 0 Å². The molecule has 2 heteroatoms. The van der Waals surface area contributed by atoms with E-state index in [1.165, 1.54) is 5.56 Å². The number of aryl methyl sites for hydroxylation is 1. The van der Waals surface area contributed by atoms with E-state index in [-0.39, 0.29) is 5.41 Å². The third-order valence-corrected chi connectivity index (χ3v) is 2.80. The van der Waals surface area contributed by atoms with Gasteiger partial charge in [-0.05, 0) is 42.0 Å². The van der Waals surface area contributed by atoms with Crippen molar-refractivity contribution in [2.45, 2.75) is 40.0 Å². The second-order valence-electron chi connectivity index (χ2n) is 5.06. The maximum absolute atomic E-state index is 10.9. The van der Waals surface area contributed by atoms with Crippen LogP contribution < -0.4 is 5.73 Å². The molecule has 0 radical (unpaired) electrons. The predicted octanol–water partition coefficient (Wildman–Crippen LogP) is 3.00. The lowest BCUT2D eigenvalue weighted by Gasteiger charge is -2.25. The van der Waals surface area contributed by atoms with Gasteiger partial charge in [0.15, 0.2) is 6.29 Å². The minimum absolute atomic E-state index is 0.0298. The van der Waals surface area contributed by atoms with Crippen LogP contribution in [0.5, 0.6) is 0 Å². The van der Waals surface area contributed by atoms with Crippen molar-refractivity contribution in [2.24, 2.45) is 0 Å². The van der Waals surface area contributed by atoms with Gasteiger partial charge in [-0.2, -0.15) is 0 Å². The van der Waals surface area contributed by atoms with Crippen molar-refractivity contribution < 1.29 is 4.79 Å². The molecule has 82 valence electrons. The third kappa shape index (κ3) is 2.04. The highest BCUT2D eigenvalue weighted by Crippen LogP contribution is 2.34. The van der Waals surface area contributed by atoms with Gasteiger partial charge in [-0.15, -0.1) is 0 Å². The summed E-state index contributed by atoms with van der Waals surface area (Å²) in [6.45, 7) is 10.4. The molecule has 0 amide bonds. The van der Waals surface area contributed by atoms with Crippen LogP contribution in [-0.4, -0.2) is 6.29 Å². The van der Waals surface area contributed by atoms with Crippen LogP contribution in [0.3, 0.4) is 0 Å². The van der Waals surface area contributed by atoms with Crippen molar-refractivity contribution in [3.05, 3.63) is 28.3 Å². The number of carbonyl (C=O) groups excluding carboxylic acids is 1. The number of benzene rings is 1. The maximum Gasteiger partial charge on any atom is 0.152 e. The zero-order chi connectivity index (χ0) is 11.8. The molecule has 1 aromatic carbocycles. The summed E-state index contributed by atoms with van der Waals surface area (Å²) in [7, 11) is 0.